The zero-order valence-corrected chi connectivity index (χ0v) is 14.9. The number of hydrogen-bond donors (Lipinski definition) is 2. The van der Waals surface area contributed by atoms with E-state index in [0.29, 0.717) is 6.04 Å². The maximum atomic E-state index is 11.8. The van der Waals surface area contributed by atoms with Crippen LogP contribution in [0.2, 0.25) is 0 Å². The molecule has 2 aromatic carbocycles. The fourth-order valence-electron chi connectivity index (χ4n) is 2.52. The number of nitrogens with one attached hydrogen (secondary N) is 2. The zero-order chi connectivity index (χ0) is 17.5. The van der Waals surface area contributed by atoms with Crippen LogP contribution in [0.25, 0.3) is 0 Å². The SMILES string of the molecule is CC(C)NC(=O)Nc1ccc(N(Cc2ccccc2)C(C)C)cc1. The molecule has 0 saturated carbocycles. The average molecular weight is 325 g/mol. The van der Waals surface area contributed by atoms with Gasteiger partial charge >= 0.3 is 6.03 Å². The van der Waals surface area contributed by atoms with Gasteiger partial charge in [-0.2, -0.15) is 0 Å². The molecule has 2 amide bonds. The standard InChI is InChI=1S/C20H27N3O/c1-15(2)21-20(24)22-18-10-12-19(13-11-18)23(16(3)4)14-17-8-6-5-7-9-17/h5-13,15-16H,14H2,1-4H3,(H2,21,22,24). The van der Waals surface area contributed by atoms with Gasteiger partial charge in [-0.15, -0.1) is 0 Å². The molecule has 2 aromatic rings. The smallest absolute Gasteiger partial charge is 0.319 e. The number of hydrogen-bond acceptors (Lipinski definition) is 2. The second-order valence-corrected chi connectivity index (χ2v) is 6.51. The molecule has 0 radical (unpaired) electrons. The molecule has 0 fully saturated rings. The van der Waals surface area contributed by atoms with Crippen molar-refractivity contribution in [3.05, 3.63) is 60.2 Å². The first-order valence-corrected chi connectivity index (χ1v) is 8.44. The molecule has 0 atom stereocenters. The van der Waals surface area contributed by atoms with Crippen LogP contribution in [0, 0.1) is 0 Å². The summed E-state index contributed by atoms with van der Waals surface area (Å²) in [6.07, 6.45) is 0. The summed E-state index contributed by atoms with van der Waals surface area (Å²) in [6, 6.07) is 18.7. The van der Waals surface area contributed by atoms with Gasteiger partial charge in [-0.05, 0) is 57.5 Å². The van der Waals surface area contributed by atoms with Crippen LogP contribution in [-0.4, -0.2) is 18.1 Å². The summed E-state index contributed by atoms with van der Waals surface area (Å²) in [6.45, 7) is 9.11. The van der Waals surface area contributed by atoms with Gasteiger partial charge in [0.1, 0.15) is 0 Å². The monoisotopic (exact) mass is 325 g/mol. The molecule has 0 aliphatic carbocycles. The lowest BCUT2D eigenvalue weighted by Gasteiger charge is -2.29. The minimum absolute atomic E-state index is 0.117. The van der Waals surface area contributed by atoms with Crippen molar-refractivity contribution in [3.63, 3.8) is 0 Å². The fraction of sp³-hybridized carbons (Fsp3) is 0.350. The minimum atomic E-state index is -0.178. The Balaban J connectivity index is 2.07. The van der Waals surface area contributed by atoms with Crippen LogP contribution < -0.4 is 15.5 Å². The van der Waals surface area contributed by atoms with Gasteiger partial charge < -0.3 is 15.5 Å². The van der Waals surface area contributed by atoms with Gasteiger partial charge in [-0.25, -0.2) is 4.79 Å². The number of anilines is 2. The van der Waals surface area contributed by atoms with Crippen LogP contribution >= 0.6 is 0 Å². The summed E-state index contributed by atoms with van der Waals surface area (Å²) in [5, 5.41) is 5.67. The molecule has 0 spiro atoms. The minimum Gasteiger partial charge on any atom is -0.365 e. The Bertz CT molecular complexity index is 636. The highest BCUT2D eigenvalue weighted by Crippen LogP contribution is 2.22. The van der Waals surface area contributed by atoms with Crippen LogP contribution in [0.4, 0.5) is 16.2 Å². The van der Waals surface area contributed by atoms with Crippen molar-refractivity contribution in [3.8, 4) is 0 Å². The first kappa shape index (κ1) is 17.9. The molecule has 4 nitrogen and oxygen atoms in total. The Kier molecular flexibility index (Phi) is 6.24. The van der Waals surface area contributed by atoms with E-state index in [9.17, 15) is 4.79 Å². The number of benzene rings is 2. The highest BCUT2D eigenvalue weighted by Gasteiger charge is 2.11. The number of rotatable bonds is 6. The van der Waals surface area contributed by atoms with Crippen molar-refractivity contribution in [2.75, 3.05) is 10.2 Å². The van der Waals surface area contributed by atoms with E-state index >= 15 is 0 Å². The molecule has 2 rings (SSSR count). The maximum absolute atomic E-state index is 11.8. The molecule has 0 aromatic heterocycles. The van der Waals surface area contributed by atoms with Crippen molar-refractivity contribution in [1.29, 1.82) is 0 Å². The third-order valence-electron chi connectivity index (χ3n) is 3.70. The van der Waals surface area contributed by atoms with Crippen LogP contribution in [0.5, 0.6) is 0 Å². The lowest BCUT2D eigenvalue weighted by atomic mass is 10.1. The van der Waals surface area contributed by atoms with Gasteiger partial charge in [-0.1, -0.05) is 30.3 Å². The molecule has 2 N–H and O–H groups in total. The average Bonchev–Trinajstić information content (AvgIpc) is 2.53. The molecule has 0 aliphatic heterocycles. The van der Waals surface area contributed by atoms with E-state index in [4.69, 9.17) is 0 Å². The normalized spacial score (nSPS) is 10.8. The van der Waals surface area contributed by atoms with Crippen molar-refractivity contribution in [1.82, 2.24) is 5.32 Å². The zero-order valence-electron chi connectivity index (χ0n) is 14.9. The summed E-state index contributed by atoms with van der Waals surface area (Å²) >= 11 is 0. The van der Waals surface area contributed by atoms with Gasteiger partial charge in [0.2, 0.25) is 0 Å². The molecule has 0 unspecified atom stereocenters. The number of carbonyl (C=O) groups excluding carboxylic acids is 1. The Hall–Kier alpha value is -2.49. The highest BCUT2D eigenvalue weighted by molar-refractivity contribution is 5.89. The molecule has 0 aliphatic rings. The van der Waals surface area contributed by atoms with Crippen molar-refractivity contribution < 1.29 is 4.79 Å². The van der Waals surface area contributed by atoms with Crippen molar-refractivity contribution in [2.45, 2.75) is 46.3 Å². The van der Waals surface area contributed by atoms with Crippen LogP contribution in [0.15, 0.2) is 54.6 Å². The lowest BCUT2D eigenvalue weighted by Crippen LogP contribution is -2.34. The van der Waals surface area contributed by atoms with Gasteiger partial charge in [0.05, 0.1) is 0 Å². The van der Waals surface area contributed by atoms with Crippen molar-refractivity contribution in [2.24, 2.45) is 0 Å². The van der Waals surface area contributed by atoms with E-state index in [-0.39, 0.29) is 12.1 Å². The number of amides is 2. The van der Waals surface area contributed by atoms with E-state index in [0.717, 1.165) is 17.9 Å². The summed E-state index contributed by atoms with van der Waals surface area (Å²) in [5.74, 6) is 0. The van der Waals surface area contributed by atoms with Crippen LogP contribution in [-0.2, 0) is 6.54 Å². The van der Waals surface area contributed by atoms with E-state index < -0.39 is 0 Å². The maximum Gasteiger partial charge on any atom is 0.319 e. The predicted octanol–water partition coefficient (Wildman–Crippen LogP) is 4.63. The van der Waals surface area contributed by atoms with Crippen LogP contribution in [0.1, 0.15) is 33.3 Å². The molecule has 128 valence electrons. The van der Waals surface area contributed by atoms with Gasteiger partial charge in [0.25, 0.3) is 0 Å². The Morgan fingerprint density at radius 1 is 0.958 bits per heavy atom. The molecular formula is C20H27N3O. The number of carbonyl (C=O) groups is 1. The largest absolute Gasteiger partial charge is 0.365 e. The molecule has 0 bridgehead atoms. The third kappa shape index (κ3) is 5.30. The Labute approximate surface area is 144 Å². The summed E-state index contributed by atoms with van der Waals surface area (Å²) in [4.78, 5) is 14.1. The first-order valence-electron chi connectivity index (χ1n) is 8.44. The summed E-state index contributed by atoms with van der Waals surface area (Å²) in [5.41, 5.74) is 3.22. The molecule has 4 heteroatoms. The molecule has 24 heavy (non-hydrogen) atoms. The summed E-state index contributed by atoms with van der Waals surface area (Å²) in [7, 11) is 0. The second kappa shape index (κ2) is 8.39. The lowest BCUT2D eigenvalue weighted by molar-refractivity contribution is 0.250. The number of urea groups is 1. The van der Waals surface area contributed by atoms with Crippen molar-refractivity contribution >= 4 is 17.4 Å². The van der Waals surface area contributed by atoms with Crippen LogP contribution in [0.3, 0.4) is 0 Å². The molecule has 0 saturated heterocycles. The molecule has 0 heterocycles. The van der Waals surface area contributed by atoms with E-state index in [1.54, 1.807) is 0 Å². The first-order chi connectivity index (χ1) is 11.5. The Morgan fingerprint density at radius 3 is 2.12 bits per heavy atom. The van der Waals surface area contributed by atoms with E-state index in [2.05, 4.69) is 53.6 Å². The highest BCUT2D eigenvalue weighted by atomic mass is 16.2. The van der Waals surface area contributed by atoms with Gasteiger partial charge in [0, 0.05) is 30.0 Å². The van der Waals surface area contributed by atoms with E-state index in [1.807, 2.05) is 44.2 Å². The number of nitrogens with zero attached hydrogens (tertiary/aromatic N) is 1. The quantitative estimate of drug-likeness (QED) is 0.813. The van der Waals surface area contributed by atoms with Gasteiger partial charge in [0.15, 0.2) is 0 Å². The predicted molar refractivity (Wildman–Crippen MR) is 101 cm³/mol. The van der Waals surface area contributed by atoms with E-state index in [1.165, 1.54) is 5.56 Å². The van der Waals surface area contributed by atoms with Gasteiger partial charge in [-0.3, -0.25) is 0 Å². The molecular weight excluding hydrogens is 298 g/mol. The Morgan fingerprint density at radius 2 is 1.58 bits per heavy atom. The fourth-order valence-corrected chi connectivity index (χ4v) is 2.52. The topological polar surface area (TPSA) is 44.4 Å². The summed E-state index contributed by atoms with van der Waals surface area (Å²) < 4.78 is 0. The third-order valence-corrected chi connectivity index (χ3v) is 3.70. The second-order valence-electron chi connectivity index (χ2n) is 6.51.